The van der Waals surface area contributed by atoms with Crippen molar-refractivity contribution in [3.63, 3.8) is 0 Å². The number of aryl methyl sites for hydroxylation is 2. The molecule has 0 saturated heterocycles. The summed E-state index contributed by atoms with van der Waals surface area (Å²) in [5, 5.41) is 1.05. The second kappa shape index (κ2) is 5.26. The van der Waals surface area contributed by atoms with Crippen LogP contribution in [0, 0.1) is 13.8 Å². The van der Waals surface area contributed by atoms with Gasteiger partial charge >= 0.3 is 0 Å². The first kappa shape index (κ1) is 13.7. The second-order valence-corrected chi connectivity index (χ2v) is 5.34. The summed E-state index contributed by atoms with van der Waals surface area (Å²) in [5.41, 5.74) is 10.6. The third kappa shape index (κ3) is 2.41. The third-order valence-electron chi connectivity index (χ3n) is 3.90. The van der Waals surface area contributed by atoms with E-state index in [2.05, 4.69) is 19.1 Å². The summed E-state index contributed by atoms with van der Waals surface area (Å²) in [4.78, 5) is 0. The third-order valence-corrected chi connectivity index (χ3v) is 3.90. The zero-order valence-corrected chi connectivity index (χ0v) is 12.5. The SMILES string of the molecule is COc1ccc2oc(C(N)c3ccc(C)cc3)c(C)c2c1. The quantitative estimate of drug-likeness (QED) is 0.786. The number of benzene rings is 2. The molecule has 1 aromatic heterocycles. The molecule has 2 aromatic carbocycles. The van der Waals surface area contributed by atoms with Crippen molar-refractivity contribution in [2.75, 3.05) is 7.11 Å². The average molecular weight is 281 g/mol. The summed E-state index contributed by atoms with van der Waals surface area (Å²) in [6, 6.07) is 13.8. The van der Waals surface area contributed by atoms with Crippen molar-refractivity contribution in [2.24, 2.45) is 5.73 Å². The molecule has 0 aliphatic rings. The molecule has 0 spiro atoms. The van der Waals surface area contributed by atoms with Crippen LogP contribution in [0.2, 0.25) is 0 Å². The van der Waals surface area contributed by atoms with Gasteiger partial charge in [0.25, 0.3) is 0 Å². The van der Waals surface area contributed by atoms with Crippen LogP contribution < -0.4 is 10.5 Å². The van der Waals surface area contributed by atoms with Crippen LogP contribution >= 0.6 is 0 Å². The Morgan fingerprint density at radius 1 is 1.05 bits per heavy atom. The van der Waals surface area contributed by atoms with Gasteiger partial charge in [0.15, 0.2) is 0 Å². The molecule has 3 aromatic rings. The van der Waals surface area contributed by atoms with Gasteiger partial charge in [-0.3, -0.25) is 0 Å². The first-order valence-corrected chi connectivity index (χ1v) is 6.99. The maximum atomic E-state index is 6.38. The standard InChI is InChI=1S/C18H19NO2/c1-11-4-6-13(7-5-11)17(19)18-12(2)15-10-14(20-3)8-9-16(15)21-18/h4-10,17H,19H2,1-3H3. The highest BCUT2D eigenvalue weighted by molar-refractivity contribution is 5.83. The Hall–Kier alpha value is -2.26. The van der Waals surface area contributed by atoms with Crippen LogP contribution in [0.4, 0.5) is 0 Å². The summed E-state index contributed by atoms with van der Waals surface area (Å²) < 4.78 is 11.2. The lowest BCUT2D eigenvalue weighted by molar-refractivity contribution is 0.415. The van der Waals surface area contributed by atoms with Crippen molar-refractivity contribution < 1.29 is 9.15 Å². The highest BCUT2D eigenvalue weighted by Crippen LogP contribution is 2.33. The molecule has 0 aliphatic heterocycles. The minimum atomic E-state index is -0.260. The van der Waals surface area contributed by atoms with E-state index in [1.54, 1.807) is 7.11 Å². The van der Waals surface area contributed by atoms with Gasteiger partial charge in [0.2, 0.25) is 0 Å². The summed E-state index contributed by atoms with van der Waals surface area (Å²) >= 11 is 0. The maximum absolute atomic E-state index is 6.38. The number of nitrogens with two attached hydrogens (primary N) is 1. The topological polar surface area (TPSA) is 48.4 Å². The summed E-state index contributed by atoms with van der Waals surface area (Å²) in [6.07, 6.45) is 0. The van der Waals surface area contributed by atoms with Gasteiger partial charge in [0.1, 0.15) is 17.1 Å². The van der Waals surface area contributed by atoms with E-state index < -0.39 is 0 Å². The molecular weight excluding hydrogens is 262 g/mol. The fourth-order valence-corrected chi connectivity index (χ4v) is 2.57. The normalized spacial score (nSPS) is 12.6. The molecule has 0 amide bonds. The van der Waals surface area contributed by atoms with Crippen LogP contribution in [0.3, 0.4) is 0 Å². The molecule has 3 heteroatoms. The second-order valence-electron chi connectivity index (χ2n) is 5.34. The van der Waals surface area contributed by atoms with E-state index >= 15 is 0 Å². The van der Waals surface area contributed by atoms with Crippen LogP contribution in [0.5, 0.6) is 5.75 Å². The van der Waals surface area contributed by atoms with Gasteiger partial charge in [0.05, 0.1) is 13.2 Å². The Labute approximate surface area is 124 Å². The van der Waals surface area contributed by atoms with E-state index in [1.807, 2.05) is 37.3 Å². The molecule has 0 bridgehead atoms. The summed E-state index contributed by atoms with van der Waals surface area (Å²) in [7, 11) is 1.66. The Bertz CT molecular complexity index is 772. The number of hydrogen-bond donors (Lipinski definition) is 1. The minimum absolute atomic E-state index is 0.260. The molecule has 21 heavy (non-hydrogen) atoms. The zero-order valence-electron chi connectivity index (χ0n) is 12.5. The van der Waals surface area contributed by atoms with Gasteiger partial charge in [0, 0.05) is 10.9 Å². The molecular formula is C18H19NO2. The Balaban J connectivity index is 2.07. The van der Waals surface area contributed by atoms with Gasteiger partial charge < -0.3 is 14.9 Å². The van der Waals surface area contributed by atoms with Crippen LogP contribution in [0.15, 0.2) is 46.9 Å². The van der Waals surface area contributed by atoms with Gasteiger partial charge in [-0.2, -0.15) is 0 Å². The number of furan rings is 1. The van der Waals surface area contributed by atoms with E-state index in [0.717, 1.165) is 33.6 Å². The summed E-state index contributed by atoms with van der Waals surface area (Å²) in [5.74, 6) is 1.63. The van der Waals surface area contributed by atoms with Gasteiger partial charge in [-0.1, -0.05) is 29.8 Å². The monoisotopic (exact) mass is 281 g/mol. The average Bonchev–Trinajstić information content (AvgIpc) is 2.84. The van der Waals surface area contributed by atoms with E-state index in [0.29, 0.717) is 0 Å². The molecule has 108 valence electrons. The van der Waals surface area contributed by atoms with Crippen molar-refractivity contribution in [2.45, 2.75) is 19.9 Å². The fourth-order valence-electron chi connectivity index (χ4n) is 2.57. The van der Waals surface area contributed by atoms with Crippen molar-refractivity contribution in [1.29, 1.82) is 0 Å². The molecule has 0 aliphatic carbocycles. The highest BCUT2D eigenvalue weighted by Gasteiger charge is 2.19. The van der Waals surface area contributed by atoms with Crippen LogP contribution in [0.25, 0.3) is 11.0 Å². The fraction of sp³-hybridized carbons (Fsp3) is 0.222. The van der Waals surface area contributed by atoms with Crippen molar-refractivity contribution in [1.82, 2.24) is 0 Å². The van der Waals surface area contributed by atoms with Crippen LogP contribution in [0.1, 0.15) is 28.5 Å². The molecule has 1 unspecified atom stereocenters. The lowest BCUT2D eigenvalue weighted by Gasteiger charge is -2.10. The number of rotatable bonds is 3. The number of hydrogen-bond acceptors (Lipinski definition) is 3. The number of fused-ring (bicyclic) bond motifs is 1. The molecule has 1 heterocycles. The van der Waals surface area contributed by atoms with Crippen LogP contribution in [-0.4, -0.2) is 7.11 Å². The molecule has 3 rings (SSSR count). The van der Waals surface area contributed by atoms with Gasteiger partial charge in [-0.15, -0.1) is 0 Å². The first-order chi connectivity index (χ1) is 10.1. The lowest BCUT2D eigenvalue weighted by Crippen LogP contribution is -2.11. The van der Waals surface area contributed by atoms with E-state index in [4.69, 9.17) is 14.9 Å². The number of ether oxygens (including phenoxy) is 1. The van der Waals surface area contributed by atoms with Gasteiger partial charge in [-0.25, -0.2) is 0 Å². The molecule has 0 fully saturated rings. The molecule has 2 N–H and O–H groups in total. The predicted octanol–water partition coefficient (Wildman–Crippen LogP) is 4.11. The smallest absolute Gasteiger partial charge is 0.134 e. The van der Waals surface area contributed by atoms with Crippen molar-refractivity contribution in [3.05, 3.63) is 64.9 Å². The number of methoxy groups -OCH3 is 1. The lowest BCUT2D eigenvalue weighted by atomic mass is 10.0. The van der Waals surface area contributed by atoms with Crippen molar-refractivity contribution in [3.8, 4) is 5.75 Å². The molecule has 0 radical (unpaired) electrons. The molecule has 1 atom stereocenters. The van der Waals surface area contributed by atoms with Crippen molar-refractivity contribution >= 4 is 11.0 Å². The van der Waals surface area contributed by atoms with E-state index in [-0.39, 0.29) is 6.04 Å². The first-order valence-electron chi connectivity index (χ1n) is 6.99. The minimum Gasteiger partial charge on any atom is -0.497 e. The highest BCUT2D eigenvalue weighted by atomic mass is 16.5. The molecule has 0 saturated carbocycles. The Morgan fingerprint density at radius 3 is 2.43 bits per heavy atom. The Morgan fingerprint density at radius 2 is 1.76 bits per heavy atom. The van der Waals surface area contributed by atoms with Gasteiger partial charge in [-0.05, 0) is 37.6 Å². The van der Waals surface area contributed by atoms with E-state index in [9.17, 15) is 0 Å². The zero-order chi connectivity index (χ0) is 15.0. The maximum Gasteiger partial charge on any atom is 0.134 e. The van der Waals surface area contributed by atoms with Crippen LogP contribution in [-0.2, 0) is 0 Å². The largest absolute Gasteiger partial charge is 0.497 e. The summed E-state index contributed by atoms with van der Waals surface area (Å²) in [6.45, 7) is 4.10. The van der Waals surface area contributed by atoms with E-state index in [1.165, 1.54) is 5.56 Å². The predicted molar refractivity (Wildman–Crippen MR) is 84.7 cm³/mol. The molecule has 3 nitrogen and oxygen atoms in total. The Kier molecular flexibility index (Phi) is 3.43.